The zero-order valence-electron chi connectivity index (χ0n) is 12.4. The monoisotopic (exact) mass is 329 g/mol. The van der Waals surface area contributed by atoms with Gasteiger partial charge in [0.25, 0.3) is 0 Å². The maximum atomic E-state index is 4.61. The second-order valence-corrected chi connectivity index (χ2v) is 3.55. The maximum absolute atomic E-state index is 4.61. The zero-order valence-corrected chi connectivity index (χ0v) is 15.2. The summed E-state index contributed by atoms with van der Waals surface area (Å²) in [6.07, 6.45) is 1.01. The van der Waals surface area contributed by atoms with Gasteiger partial charge in [0.2, 0.25) is 0 Å². The van der Waals surface area contributed by atoms with Crippen LogP contribution < -0.4 is 0 Å². The third kappa shape index (κ3) is 4.74. The third-order valence-corrected chi connectivity index (χ3v) is 2.61. The van der Waals surface area contributed by atoms with E-state index in [1.54, 1.807) is 0 Å². The normalized spacial score (nSPS) is 9.89. The van der Waals surface area contributed by atoms with Crippen LogP contribution in [-0.2, 0) is 39.1 Å². The molecule has 19 heavy (non-hydrogen) atoms. The molecular formula is C17H22NY-. The first kappa shape index (κ1) is 18.3. The van der Waals surface area contributed by atoms with Crippen molar-refractivity contribution in [2.45, 2.75) is 34.1 Å². The molecule has 0 fully saturated rings. The number of para-hydroxylation sites is 2. The van der Waals surface area contributed by atoms with Crippen LogP contribution in [-0.4, -0.2) is 0 Å². The molecule has 1 nitrogen and oxygen atoms in total. The summed E-state index contributed by atoms with van der Waals surface area (Å²) >= 11 is 0. The Morgan fingerprint density at radius 3 is 1.47 bits per heavy atom. The molecule has 2 heteroatoms. The van der Waals surface area contributed by atoms with Gasteiger partial charge in [-0.15, -0.1) is 11.4 Å². The standard InChI is InChI=1S/C13H10N.2C2H6.Y/c1-3-7-12-10(5-1)9-11-6-2-4-8-13(11)14-12;2*1-2;/h1-8H,9H2;2*1-2H3;/q-1;;;. The molecule has 0 N–H and O–H groups in total. The molecule has 0 aliphatic carbocycles. The number of benzene rings is 2. The van der Waals surface area contributed by atoms with Gasteiger partial charge in [-0.25, -0.2) is 0 Å². The number of rotatable bonds is 0. The summed E-state index contributed by atoms with van der Waals surface area (Å²) in [4.78, 5) is 0. The summed E-state index contributed by atoms with van der Waals surface area (Å²) in [6.45, 7) is 8.00. The first-order valence-electron chi connectivity index (χ1n) is 6.81. The third-order valence-electron chi connectivity index (χ3n) is 2.61. The van der Waals surface area contributed by atoms with Crippen LogP contribution in [0.1, 0.15) is 38.8 Å². The smallest absolute Gasteiger partial charge is 0 e. The molecule has 0 aromatic heterocycles. The SMILES string of the molecule is CC.CC.[Y].c1ccc2c(c1)Cc1ccccc1[N-]2. The Morgan fingerprint density at radius 1 is 0.684 bits per heavy atom. The largest absolute Gasteiger partial charge is 0.657 e. The minimum absolute atomic E-state index is 0. The molecular weight excluding hydrogens is 307 g/mol. The van der Waals surface area contributed by atoms with Gasteiger partial charge < -0.3 is 5.32 Å². The Morgan fingerprint density at radius 2 is 1.05 bits per heavy atom. The molecule has 1 radical (unpaired) electrons. The summed E-state index contributed by atoms with van der Waals surface area (Å²) in [6, 6.07) is 16.7. The van der Waals surface area contributed by atoms with Gasteiger partial charge in [-0.2, -0.15) is 0 Å². The summed E-state index contributed by atoms with van der Waals surface area (Å²) in [7, 11) is 0. The van der Waals surface area contributed by atoms with Crippen LogP contribution in [0.15, 0.2) is 48.5 Å². The van der Waals surface area contributed by atoms with Crippen LogP contribution in [0.2, 0.25) is 0 Å². The second-order valence-electron chi connectivity index (χ2n) is 3.55. The van der Waals surface area contributed by atoms with Crippen molar-refractivity contribution < 1.29 is 32.7 Å². The molecule has 2 aromatic carbocycles. The van der Waals surface area contributed by atoms with E-state index in [2.05, 4.69) is 41.7 Å². The fourth-order valence-corrected chi connectivity index (χ4v) is 1.87. The number of hydrogen-bond donors (Lipinski definition) is 0. The minimum Gasteiger partial charge on any atom is -0.657 e. The van der Waals surface area contributed by atoms with E-state index in [1.165, 1.54) is 11.1 Å². The molecule has 0 atom stereocenters. The Labute approximate surface area is 142 Å². The van der Waals surface area contributed by atoms with Crippen LogP contribution >= 0.6 is 0 Å². The molecule has 3 rings (SSSR count). The van der Waals surface area contributed by atoms with Crippen LogP contribution in [0.3, 0.4) is 0 Å². The molecule has 1 aliphatic heterocycles. The Hall–Kier alpha value is -0.656. The molecule has 1 aliphatic rings. The van der Waals surface area contributed by atoms with E-state index in [9.17, 15) is 0 Å². The molecule has 0 saturated carbocycles. The van der Waals surface area contributed by atoms with E-state index < -0.39 is 0 Å². The van der Waals surface area contributed by atoms with Crippen LogP contribution in [0, 0.1) is 0 Å². The average Bonchev–Trinajstić information content (AvgIpc) is 2.49. The van der Waals surface area contributed by atoms with Crippen molar-refractivity contribution in [3.63, 3.8) is 0 Å². The first-order chi connectivity index (χ1) is 8.93. The van der Waals surface area contributed by atoms with Crippen LogP contribution in [0.25, 0.3) is 5.32 Å². The van der Waals surface area contributed by atoms with E-state index in [0.717, 1.165) is 17.8 Å². The summed E-state index contributed by atoms with van der Waals surface area (Å²) in [5.41, 5.74) is 4.88. The average molecular weight is 329 g/mol. The van der Waals surface area contributed by atoms with Gasteiger partial charge in [-0.3, -0.25) is 0 Å². The fourth-order valence-electron chi connectivity index (χ4n) is 1.87. The molecule has 1 heterocycles. The van der Waals surface area contributed by atoms with Gasteiger partial charge in [0.05, 0.1) is 0 Å². The second kappa shape index (κ2) is 10.2. The quantitative estimate of drug-likeness (QED) is 0.482. The van der Waals surface area contributed by atoms with Gasteiger partial charge >= 0.3 is 0 Å². The van der Waals surface area contributed by atoms with Gasteiger partial charge in [-0.05, 0) is 6.42 Å². The molecule has 0 spiro atoms. The van der Waals surface area contributed by atoms with Crippen molar-refractivity contribution in [1.29, 1.82) is 0 Å². The van der Waals surface area contributed by atoms with E-state index in [1.807, 2.05) is 39.8 Å². The number of hydrogen-bond acceptors (Lipinski definition) is 0. The Kier molecular flexibility index (Phi) is 9.82. The van der Waals surface area contributed by atoms with Crippen molar-refractivity contribution >= 4 is 11.4 Å². The molecule has 99 valence electrons. The van der Waals surface area contributed by atoms with Crippen LogP contribution in [0.5, 0.6) is 0 Å². The Bertz CT molecular complexity index is 393. The topological polar surface area (TPSA) is 14.1 Å². The van der Waals surface area contributed by atoms with Gasteiger partial charge in [0, 0.05) is 32.7 Å². The molecule has 0 saturated heterocycles. The molecule has 0 amide bonds. The predicted octanol–water partition coefficient (Wildman–Crippen LogP) is 5.98. The summed E-state index contributed by atoms with van der Waals surface area (Å²) in [5, 5.41) is 4.61. The van der Waals surface area contributed by atoms with Gasteiger partial charge in [-0.1, -0.05) is 87.4 Å². The predicted molar refractivity (Wildman–Crippen MR) is 81.1 cm³/mol. The van der Waals surface area contributed by atoms with E-state index >= 15 is 0 Å². The first-order valence-corrected chi connectivity index (χ1v) is 6.81. The van der Waals surface area contributed by atoms with E-state index in [4.69, 9.17) is 0 Å². The van der Waals surface area contributed by atoms with Crippen molar-refractivity contribution in [3.8, 4) is 0 Å². The minimum atomic E-state index is 0. The van der Waals surface area contributed by atoms with Gasteiger partial charge in [0.15, 0.2) is 0 Å². The van der Waals surface area contributed by atoms with Crippen molar-refractivity contribution in [2.75, 3.05) is 0 Å². The van der Waals surface area contributed by atoms with E-state index in [-0.39, 0.29) is 32.7 Å². The van der Waals surface area contributed by atoms with Crippen LogP contribution in [0.4, 0.5) is 11.4 Å². The zero-order chi connectivity index (χ0) is 13.4. The fraction of sp³-hybridized carbons (Fsp3) is 0.294. The van der Waals surface area contributed by atoms with Crippen molar-refractivity contribution in [3.05, 3.63) is 65.0 Å². The Balaban J connectivity index is 0.000000597. The molecule has 0 bridgehead atoms. The molecule has 0 unspecified atom stereocenters. The summed E-state index contributed by atoms with van der Waals surface area (Å²) < 4.78 is 0. The number of fused-ring (bicyclic) bond motifs is 2. The number of nitrogens with zero attached hydrogens (tertiary/aromatic N) is 1. The summed E-state index contributed by atoms with van der Waals surface area (Å²) in [5.74, 6) is 0. The van der Waals surface area contributed by atoms with Crippen molar-refractivity contribution in [1.82, 2.24) is 0 Å². The van der Waals surface area contributed by atoms with E-state index in [0.29, 0.717) is 0 Å². The van der Waals surface area contributed by atoms with Gasteiger partial charge in [0.1, 0.15) is 0 Å². The molecule has 2 aromatic rings. The maximum Gasteiger partial charge on any atom is 0 e. The van der Waals surface area contributed by atoms with Crippen molar-refractivity contribution in [2.24, 2.45) is 0 Å².